The molecule has 1 N–H and O–H groups in total. The minimum atomic E-state index is 0.574. The van der Waals surface area contributed by atoms with Crippen molar-refractivity contribution in [1.29, 1.82) is 0 Å². The van der Waals surface area contributed by atoms with E-state index in [1.165, 1.54) is 30.2 Å². The van der Waals surface area contributed by atoms with Gasteiger partial charge in [-0.3, -0.25) is 4.98 Å². The molecule has 1 fully saturated rings. The Morgan fingerprint density at radius 3 is 2.95 bits per heavy atom. The van der Waals surface area contributed by atoms with Gasteiger partial charge in [0.2, 0.25) is 0 Å². The Hall–Kier alpha value is -1.41. The van der Waals surface area contributed by atoms with Crippen LogP contribution in [0.4, 0.5) is 0 Å². The third kappa shape index (κ3) is 2.71. The second-order valence-electron chi connectivity index (χ2n) is 6.28. The van der Waals surface area contributed by atoms with E-state index in [0.717, 1.165) is 18.0 Å². The van der Waals surface area contributed by atoms with Crippen molar-refractivity contribution in [3.63, 3.8) is 0 Å². The zero-order valence-electron chi connectivity index (χ0n) is 12.5. The molecule has 3 rings (SSSR count). The summed E-state index contributed by atoms with van der Waals surface area (Å²) in [6.07, 6.45) is 5.91. The van der Waals surface area contributed by atoms with Crippen molar-refractivity contribution >= 4 is 10.9 Å². The molecule has 2 aromatic rings. The van der Waals surface area contributed by atoms with Crippen LogP contribution in [0.2, 0.25) is 0 Å². The first-order chi connectivity index (χ1) is 9.75. The Balaban J connectivity index is 1.89. The number of nitrogens with one attached hydrogen (secondary N) is 1. The highest BCUT2D eigenvalue weighted by molar-refractivity contribution is 5.82. The first kappa shape index (κ1) is 13.6. The summed E-state index contributed by atoms with van der Waals surface area (Å²) in [7, 11) is 0. The van der Waals surface area contributed by atoms with Crippen LogP contribution in [0.25, 0.3) is 10.9 Å². The normalized spacial score (nSPS) is 22.8. The van der Waals surface area contributed by atoms with Crippen molar-refractivity contribution in [2.75, 3.05) is 6.54 Å². The quantitative estimate of drug-likeness (QED) is 0.902. The fourth-order valence-corrected chi connectivity index (χ4v) is 3.53. The van der Waals surface area contributed by atoms with E-state index < -0.39 is 0 Å². The highest BCUT2D eigenvalue weighted by Crippen LogP contribution is 2.41. The molecular weight excluding hydrogens is 244 g/mol. The highest BCUT2D eigenvalue weighted by Gasteiger charge is 2.29. The SMILES string of the molecule is CC(C)NCC1CCCC1c1cccc2ncccc12. The van der Waals surface area contributed by atoms with Gasteiger partial charge in [-0.15, -0.1) is 0 Å². The molecule has 2 unspecified atom stereocenters. The summed E-state index contributed by atoms with van der Waals surface area (Å²) in [5.41, 5.74) is 2.64. The molecule has 0 aliphatic heterocycles. The first-order valence-corrected chi connectivity index (χ1v) is 7.82. The van der Waals surface area contributed by atoms with E-state index in [4.69, 9.17) is 0 Å². The summed E-state index contributed by atoms with van der Waals surface area (Å²) in [6, 6.07) is 11.4. The molecule has 2 atom stereocenters. The molecule has 0 amide bonds. The zero-order chi connectivity index (χ0) is 13.9. The van der Waals surface area contributed by atoms with Crippen LogP contribution in [0.1, 0.15) is 44.6 Å². The maximum absolute atomic E-state index is 4.50. The van der Waals surface area contributed by atoms with Gasteiger partial charge in [0.25, 0.3) is 0 Å². The number of hydrogen-bond acceptors (Lipinski definition) is 2. The predicted molar refractivity (Wildman–Crippen MR) is 85.0 cm³/mol. The van der Waals surface area contributed by atoms with Crippen LogP contribution in [0.3, 0.4) is 0 Å². The van der Waals surface area contributed by atoms with Gasteiger partial charge in [0, 0.05) is 17.6 Å². The Kier molecular flexibility index (Phi) is 4.02. The second-order valence-corrected chi connectivity index (χ2v) is 6.28. The number of aromatic nitrogens is 1. The maximum Gasteiger partial charge on any atom is 0.0704 e. The molecule has 0 spiro atoms. The molecule has 1 aliphatic carbocycles. The molecule has 0 radical (unpaired) electrons. The molecule has 106 valence electrons. The van der Waals surface area contributed by atoms with Gasteiger partial charge in [0.15, 0.2) is 0 Å². The van der Waals surface area contributed by atoms with Crippen molar-refractivity contribution in [1.82, 2.24) is 10.3 Å². The van der Waals surface area contributed by atoms with Gasteiger partial charge in [0.05, 0.1) is 5.52 Å². The summed E-state index contributed by atoms with van der Waals surface area (Å²) in [4.78, 5) is 4.50. The molecule has 2 nitrogen and oxygen atoms in total. The van der Waals surface area contributed by atoms with Crippen molar-refractivity contribution < 1.29 is 0 Å². The Labute approximate surface area is 121 Å². The summed E-state index contributed by atoms with van der Waals surface area (Å²) in [5, 5.41) is 4.96. The topological polar surface area (TPSA) is 24.9 Å². The minimum Gasteiger partial charge on any atom is -0.314 e. The minimum absolute atomic E-state index is 0.574. The standard InChI is InChI=1S/C18H24N2/c1-13(2)20-12-14-6-3-7-15(14)16-8-4-10-18-17(16)9-5-11-19-18/h4-5,8-11,13-15,20H,3,6-7,12H2,1-2H3. The lowest BCUT2D eigenvalue weighted by Crippen LogP contribution is -2.30. The van der Waals surface area contributed by atoms with Gasteiger partial charge in [0.1, 0.15) is 0 Å². The fraction of sp³-hybridized carbons (Fsp3) is 0.500. The maximum atomic E-state index is 4.50. The van der Waals surface area contributed by atoms with Crippen LogP contribution in [0.5, 0.6) is 0 Å². The molecule has 20 heavy (non-hydrogen) atoms. The molecule has 1 heterocycles. The smallest absolute Gasteiger partial charge is 0.0704 e. The monoisotopic (exact) mass is 268 g/mol. The van der Waals surface area contributed by atoms with E-state index in [1.54, 1.807) is 0 Å². The Morgan fingerprint density at radius 1 is 1.20 bits per heavy atom. The average molecular weight is 268 g/mol. The van der Waals surface area contributed by atoms with Gasteiger partial charge >= 0.3 is 0 Å². The lowest BCUT2D eigenvalue weighted by atomic mass is 9.86. The number of fused-ring (bicyclic) bond motifs is 1. The lowest BCUT2D eigenvalue weighted by molar-refractivity contribution is 0.424. The molecule has 0 saturated heterocycles. The van der Waals surface area contributed by atoms with Crippen LogP contribution in [0, 0.1) is 5.92 Å². The third-order valence-electron chi connectivity index (χ3n) is 4.53. The van der Waals surface area contributed by atoms with Crippen LogP contribution in [-0.2, 0) is 0 Å². The second kappa shape index (κ2) is 5.92. The molecule has 1 aromatic heterocycles. The number of rotatable bonds is 4. The van der Waals surface area contributed by atoms with E-state index in [9.17, 15) is 0 Å². The largest absolute Gasteiger partial charge is 0.314 e. The van der Waals surface area contributed by atoms with Gasteiger partial charge in [-0.25, -0.2) is 0 Å². The number of benzene rings is 1. The van der Waals surface area contributed by atoms with Crippen LogP contribution >= 0.6 is 0 Å². The summed E-state index contributed by atoms with van der Waals surface area (Å²) < 4.78 is 0. The number of hydrogen-bond donors (Lipinski definition) is 1. The lowest BCUT2D eigenvalue weighted by Gasteiger charge is -2.23. The van der Waals surface area contributed by atoms with Crippen molar-refractivity contribution in [2.45, 2.75) is 45.1 Å². The van der Waals surface area contributed by atoms with Gasteiger partial charge in [-0.05, 0) is 48.9 Å². The van der Waals surface area contributed by atoms with E-state index in [0.29, 0.717) is 12.0 Å². The van der Waals surface area contributed by atoms with Crippen molar-refractivity contribution in [3.05, 3.63) is 42.1 Å². The predicted octanol–water partition coefficient (Wildman–Crippen LogP) is 4.12. The Morgan fingerprint density at radius 2 is 2.10 bits per heavy atom. The first-order valence-electron chi connectivity index (χ1n) is 7.82. The van der Waals surface area contributed by atoms with Crippen molar-refractivity contribution in [2.24, 2.45) is 5.92 Å². The van der Waals surface area contributed by atoms with E-state index in [-0.39, 0.29) is 0 Å². The molecule has 2 heteroatoms. The van der Waals surface area contributed by atoms with Gasteiger partial charge in [-0.1, -0.05) is 38.5 Å². The van der Waals surface area contributed by atoms with Gasteiger partial charge < -0.3 is 5.32 Å². The molecule has 1 aliphatic rings. The van der Waals surface area contributed by atoms with Crippen molar-refractivity contribution in [3.8, 4) is 0 Å². The molecule has 1 aromatic carbocycles. The molecular formula is C18H24N2. The van der Waals surface area contributed by atoms with Gasteiger partial charge in [-0.2, -0.15) is 0 Å². The zero-order valence-corrected chi connectivity index (χ0v) is 12.5. The Bertz CT molecular complexity index is 571. The van der Waals surface area contributed by atoms with E-state index in [1.807, 2.05) is 6.20 Å². The van der Waals surface area contributed by atoms with E-state index >= 15 is 0 Å². The van der Waals surface area contributed by atoms with Crippen LogP contribution in [0.15, 0.2) is 36.5 Å². The highest BCUT2D eigenvalue weighted by atomic mass is 14.9. The number of nitrogens with zero attached hydrogens (tertiary/aromatic N) is 1. The molecule has 0 bridgehead atoms. The number of pyridine rings is 1. The average Bonchev–Trinajstić information content (AvgIpc) is 2.92. The third-order valence-corrected chi connectivity index (χ3v) is 4.53. The summed E-state index contributed by atoms with van der Waals surface area (Å²) in [5.74, 6) is 1.46. The summed E-state index contributed by atoms with van der Waals surface area (Å²) >= 11 is 0. The fourth-order valence-electron chi connectivity index (χ4n) is 3.53. The van der Waals surface area contributed by atoms with E-state index in [2.05, 4.69) is 54.5 Å². The molecule has 1 saturated carbocycles. The summed E-state index contributed by atoms with van der Waals surface area (Å²) in [6.45, 7) is 5.59. The van der Waals surface area contributed by atoms with Crippen LogP contribution < -0.4 is 5.32 Å². The van der Waals surface area contributed by atoms with Crippen LogP contribution in [-0.4, -0.2) is 17.6 Å².